The molecule has 6 nitrogen and oxygen atoms in total. The van der Waals surface area contributed by atoms with Gasteiger partial charge in [-0.25, -0.2) is 4.79 Å². The fourth-order valence-electron chi connectivity index (χ4n) is 3.22. The smallest absolute Gasteiger partial charge is 0.317 e. The molecule has 2 fully saturated rings. The Morgan fingerprint density at radius 2 is 1.76 bits per heavy atom. The van der Waals surface area contributed by atoms with E-state index in [0.29, 0.717) is 19.6 Å². The molecule has 0 unspecified atom stereocenters. The second kappa shape index (κ2) is 8.22. The number of aliphatic carboxylic acids is 1. The van der Waals surface area contributed by atoms with E-state index in [1.165, 1.54) is 25.7 Å². The Bertz CT molecular complexity index is 348. The van der Waals surface area contributed by atoms with Crippen molar-refractivity contribution in [2.75, 3.05) is 39.3 Å². The third-order valence-electron chi connectivity index (χ3n) is 4.60. The van der Waals surface area contributed by atoms with Crippen LogP contribution in [-0.2, 0) is 4.79 Å². The number of nitrogens with zero attached hydrogens (tertiary/aromatic N) is 2. The Morgan fingerprint density at radius 3 is 2.38 bits per heavy atom. The van der Waals surface area contributed by atoms with E-state index in [0.717, 1.165) is 32.0 Å². The van der Waals surface area contributed by atoms with Crippen LogP contribution >= 0.6 is 0 Å². The standard InChI is InChI=1S/C15H27N3O3/c19-14(20)6-8-17-9-11-18(12-10-17)15(21)16-7-5-13-3-1-2-4-13/h13H,1-12H2,(H,16,21)(H,19,20). The fraction of sp³-hybridized carbons (Fsp3) is 0.867. The Hall–Kier alpha value is -1.30. The minimum absolute atomic E-state index is 0.0332. The van der Waals surface area contributed by atoms with Gasteiger partial charge in [0.15, 0.2) is 0 Å². The van der Waals surface area contributed by atoms with Crippen LogP contribution in [0.15, 0.2) is 0 Å². The molecule has 0 bridgehead atoms. The number of carboxylic acid groups (broad SMARTS) is 1. The van der Waals surface area contributed by atoms with Gasteiger partial charge in [-0.3, -0.25) is 9.69 Å². The third kappa shape index (κ3) is 5.53. The molecule has 0 spiro atoms. The molecule has 1 heterocycles. The quantitative estimate of drug-likeness (QED) is 0.776. The maximum absolute atomic E-state index is 12.0. The van der Waals surface area contributed by atoms with Crippen molar-refractivity contribution < 1.29 is 14.7 Å². The summed E-state index contributed by atoms with van der Waals surface area (Å²) in [5, 5.41) is 11.7. The summed E-state index contributed by atoms with van der Waals surface area (Å²) in [6, 6.07) is 0.0332. The summed E-state index contributed by atoms with van der Waals surface area (Å²) < 4.78 is 0. The third-order valence-corrected chi connectivity index (χ3v) is 4.60. The number of rotatable bonds is 6. The molecule has 2 N–H and O–H groups in total. The lowest BCUT2D eigenvalue weighted by molar-refractivity contribution is -0.137. The molecule has 1 saturated carbocycles. The average molecular weight is 297 g/mol. The van der Waals surface area contributed by atoms with Crippen LogP contribution in [0.2, 0.25) is 0 Å². The molecule has 1 aliphatic carbocycles. The molecule has 1 aliphatic heterocycles. The lowest BCUT2D eigenvalue weighted by Crippen LogP contribution is -2.52. The summed E-state index contributed by atoms with van der Waals surface area (Å²) in [7, 11) is 0. The van der Waals surface area contributed by atoms with Crippen LogP contribution in [-0.4, -0.2) is 66.2 Å². The van der Waals surface area contributed by atoms with Crippen LogP contribution in [0.4, 0.5) is 4.79 Å². The number of carbonyl (C=O) groups is 2. The zero-order valence-electron chi connectivity index (χ0n) is 12.7. The summed E-state index contributed by atoms with van der Waals surface area (Å²) in [6.45, 7) is 4.27. The number of amides is 2. The molecule has 120 valence electrons. The van der Waals surface area contributed by atoms with E-state index in [4.69, 9.17) is 5.11 Å². The highest BCUT2D eigenvalue weighted by molar-refractivity contribution is 5.74. The number of hydrogen-bond acceptors (Lipinski definition) is 3. The summed E-state index contributed by atoms with van der Waals surface area (Å²) in [5.41, 5.74) is 0. The van der Waals surface area contributed by atoms with Crippen molar-refractivity contribution in [1.82, 2.24) is 15.1 Å². The molecule has 1 saturated heterocycles. The molecule has 2 amide bonds. The lowest BCUT2D eigenvalue weighted by Gasteiger charge is -2.34. The summed E-state index contributed by atoms with van der Waals surface area (Å²) in [4.78, 5) is 26.5. The maximum Gasteiger partial charge on any atom is 0.317 e. The second-order valence-electron chi connectivity index (χ2n) is 6.14. The molecule has 0 atom stereocenters. The van der Waals surface area contributed by atoms with E-state index < -0.39 is 5.97 Å². The first-order valence-electron chi connectivity index (χ1n) is 8.12. The van der Waals surface area contributed by atoms with Gasteiger partial charge in [0.05, 0.1) is 6.42 Å². The van der Waals surface area contributed by atoms with E-state index >= 15 is 0 Å². The predicted molar refractivity (Wildman–Crippen MR) is 80.2 cm³/mol. The highest BCUT2D eigenvalue weighted by Crippen LogP contribution is 2.26. The highest BCUT2D eigenvalue weighted by Gasteiger charge is 2.21. The minimum Gasteiger partial charge on any atom is -0.481 e. The normalized spacial score (nSPS) is 20.7. The molecule has 0 aromatic carbocycles. The SMILES string of the molecule is O=C(O)CCN1CCN(C(=O)NCCC2CCCC2)CC1. The van der Waals surface area contributed by atoms with E-state index in [2.05, 4.69) is 10.2 Å². The fourth-order valence-corrected chi connectivity index (χ4v) is 3.22. The van der Waals surface area contributed by atoms with Crippen LogP contribution in [0, 0.1) is 5.92 Å². The number of carboxylic acids is 1. The predicted octanol–water partition coefficient (Wildman–Crippen LogP) is 1.37. The molecule has 2 rings (SSSR count). The van der Waals surface area contributed by atoms with Gasteiger partial charge in [0.25, 0.3) is 0 Å². The highest BCUT2D eigenvalue weighted by atomic mass is 16.4. The molecule has 6 heteroatoms. The lowest BCUT2D eigenvalue weighted by atomic mass is 10.0. The monoisotopic (exact) mass is 297 g/mol. The van der Waals surface area contributed by atoms with Crippen molar-refractivity contribution >= 4 is 12.0 Å². The number of piperazine rings is 1. The van der Waals surface area contributed by atoms with Gasteiger partial charge in [0.2, 0.25) is 0 Å². The van der Waals surface area contributed by atoms with Gasteiger partial charge in [-0.15, -0.1) is 0 Å². The van der Waals surface area contributed by atoms with Crippen LogP contribution in [0.1, 0.15) is 38.5 Å². The van der Waals surface area contributed by atoms with Crippen molar-refractivity contribution in [2.45, 2.75) is 38.5 Å². The minimum atomic E-state index is -0.762. The van der Waals surface area contributed by atoms with Crippen molar-refractivity contribution in [3.05, 3.63) is 0 Å². The first-order valence-corrected chi connectivity index (χ1v) is 8.12. The molecule has 0 aromatic heterocycles. The Morgan fingerprint density at radius 1 is 1.10 bits per heavy atom. The van der Waals surface area contributed by atoms with Gasteiger partial charge in [-0.05, 0) is 12.3 Å². The maximum atomic E-state index is 12.0. The van der Waals surface area contributed by atoms with Crippen LogP contribution < -0.4 is 5.32 Å². The van der Waals surface area contributed by atoms with E-state index in [-0.39, 0.29) is 12.5 Å². The molecular formula is C15H27N3O3. The van der Waals surface area contributed by atoms with Crippen molar-refractivity contribution in [2.24, 2.45) is 5.92 Å². The second-order valence-corrected chi connectivity index (χ2v) is 6.14. The zero-order valence-corrected chi connectivity index (χ0v) is 12.7. The molecular weight excluding hydrogens is 270 g/mol. The van der Waals surface area contributed by atoms with Gasteiger partial charge >= 0.3 is 12.0 Å². The first-order chi connectivity index (χ1) is 10.1. The van der Waals surface area contributed by atoms with Gasteiger partial charge in [-0.2, -0.15) is 0 Å². The van der Waals surface area contributed by atoms with E-state index in [1.54, 1.807) is 0 Å². The van der Waals surface area contributed by atoms with Crippen molar-refractivity contribution in [3.8, 4) is 0 Å². The number of urea groups is 1. The summed E-state index contributed by atoms with van der Waals surface area (Å²) in [6.07, 6.45) is 6.60. The van der Waals surface area contributed by atoms with Gasteiger partial charge in [0, 0.05) is 39.3 Å². The molecule has 21 heavy (non-hydrogen) atoms. The topological polar surface area (TPSA) is 72.9 Å². The van der Waals surface area contributed by atoms with Crippen LogP contribution in [0.5, 0.6) is 0 Å². The van der Waals surface area contributed by atoms with Crippen LogP contribution in [0.25, 0.3) is 0 Å². The number of carbonyl (C=O) groups excluding carboxylic acids is 1. The van der Waals surface area contributed by atoms with E-state index in [1.807, 2.05) is 4.90 Å². The number of hydrogen-bond donors (Lipinski definition) is 2. The average Bonchev–Trinajstić information content (AvgIpc) is 2.99. The van der Waals surface area contributed by atoms with Gasteiger partial charge < -0.3 is 15.3 Å². The van der Waals surface area contributed by atoms with Crippen molar-refractivity contribution in [3.63, 3.8) is 0 Å². The first kappa shape index (κ1) is 16.1. The van der Waals surface area contributed by atoms with E-state index in [9.17, 15) is 9.59 Å². The van der Waals surface area contributed by atoms with Gasteiger partial charge in [-0.1, -0.05) is 25.7 Å². The van der Waals surface area contributed by atoms with Crippen molar-refractivity contribution in [1.29, 1.82) is 0 Å². The Labute approximate surface area is 126 Å². The molecule has 0 radical (unpaired) electrons. The summed E-state index contributed by atoms with van der Waals surface area (Å²) in [5.74, 6) is 0.0419. The Kier molecular flexibility index (Phi) is 6.29. The Balaban J connectivity index is 1.57. The van der Waals surface area contributed by atoms with Gasteiger partial charge in [0.1, 0.15) is 0 Å². The molecule has 0 aromatic rings. The molecule has 2 aliphatic rings. The largest absolute Gasteiger partial charge is 0.481 e. The van der Waals surface area contributed by atoms with Crippen LogP contribution in [0.3, 0.4) is 0 Å². The zero-order chi connectivity index (χ0) is 15.1. The number of nitrogens with one attached hydrogen (secondary N) is 1. The summed E-state index contributed by atoms with van der Waals surface area (Å²) >= 11 is 0.